The number of nitrogens with zero attached hydrogens (tertiary/aromatic N) is 2. The van der Waals surface area contributed by atoms with Crippen molar-refractivity contribution in [2.75, 3.05) is 0 Å². The van der Waals surface area contributed by atoms with E-state index in [1.54, 1.807) is 36.4 Å². The number of rotatable bonds is 5. The summed E-state index contributed by atoms with van der Waals surface area (Å²) >= 11 is 2.13. The minimum absolute atomic E-state index is 0.00519. The lowest BCUT2D eigenvalue weighted by Crippen LogP contribution is -2.16. The maximum Gasteiger partial charge on any atom is 0.365 e. The summed E-state index contributed by atoms with van der Waals surface area (Å²) in [5, 5.41) is 14.2. The van der Waals surface area contributed by atoms with Gasteiger partial charge in [0.15, 0.2) is 0 Å². The van der Waals surface area contributed by atoms with Crippen molar-refractivity contribution in [3.8, 4) is 0 Å². The fraction of sp³-hybridized carbons (Fsp3) is 0.0667. The number of carbonyl (C=O) groups excluding carboxylic acids is 1. The summed E-state index contributed by atoms with van der Waals surface area (Å²) in [5.41, 5.74) is 6.78. The molecule has 2 aromatic carbocycles. The second-order valence-corrected chi connectivity index (χ2v) is 5.81. The normalized spacial score (nSPS) is 11.1. The van der Waals surface area contributed by atoms with Crippen LogP contribution in [0, 0.1) is 13.7 Å². The minimum Gasteiger partial charge on any atom is -0.384 e. The van der Waals surface area contributed by atoms with Crippen molar-refractivity contribution in [2.24, 2.45) is 10.9 Å². The molecule has 2 N–H and O–H groups in total. The monoisotopic (exact) mass is 425 g/mol. The third kappa shape index (κ3) is 5.02. The number of nitro benzene ring substituents is 1. The van der Waals surface area contributed by atoms with Crippen molar-refractivity contribution < 1.29 is 14.6 Å². The molecule has 0 amide bonds. The molecule has 7 nitrogen and oxygen atoms in total. The van der Waals surface area contributed by atoms with Gasteiger partial charge in [-0.25, -0.2) is 4.79 Å². The predicted octanol–water partition coefficient (Wildman–Crippen LogP) is 2.87. The van der Waals surface area contributed by atoms with Gasteiger partial charge >= 0.3 is 5.97 Å². The van der Waals surface area contributed by atoms with E-state index in [1.807, 2.05) is 0 Å². The van der Waals surface area contributed by atoms with Gasteiger partial charge in [0.2, 0.25) is 0 Å². The third-order valence-electron chi connectivity index (χ3n) is 2.86. The standard InChI is InChI=1S/C15H12IN3O4/c16-12-5-3-11(4-6-12)15(20)23-18-14(17)9-10-1-7-13(8-2-10)19(21)22/h1-8H,9H2,(H2,17,18). The number of amidine groups is 1. The minimum atomic E-state index is -0.604. The number of non-ortho nitro benzene ring substituents is 1. The fourth-order valence-electron chi connectivity index (χ4n) is 1.72. The van der Waals surface area contributed by atoms with Crippen LogP contribution in [0.5, 0.6) is 0 Å². The van der Waals surface area contributed by atoms with Gasteiger partial charge in [-0.1, -0.05) is 17.3 Å². The van der Waals surface area contributed by atoms with E-state index in [2.05, 4.69) is 27.7 Å². The molecule has 0 aliphatic heterocycles. The molecule has 2 rings (SSSR count). The Labute approximate surface area is 145 Å². The lowest BCUT2D eigenvalue weighted by molar-refractivity contribution is -0.384. The van der Waals surface area contributed by atoms with Crippen LogP contribution in [0.3, 0.4) is 0 Å². The molecule has 0 saturated heterocycles. The smallest absolute Gasteiger partial charge is 0.365 e. The Morgan fingerprint density at radius 2 is 1.78 bits per heavy atom. The van der Waals surface area contributed by atoms with Gasteiger partial charge in [-0.15, -0.1) is 0 Å². The van der Waals surface area contributed by atoms with E-state index >= 15 is 0 Å². The predicted molar refractivity (Wildman–Crippen MR) is 93.0 cm³/mol. The quantitative estimate of drug-likeness (QED) is 0.198. The Morgan fingerprint density at radius 1 is 1.17 bits per heavy atom. The Hall–Kier alpha value is -2.49. The molecule has 0 fully saturated rings. The van der Waals surface area contributed by atoms with Gasteiger partial charge in [-0.05, 0) is 52.4 Å². The molecule has 0 aromatic heterocycles. The van der Waals surface area contributed by atoms with Crippen molar-refractivity contribution >= 4 is 40.1 Å². The highest BCUT2D eigenvalue weighted by Gasteiger charge is 2.08. The van der Waals surface area contributed by atoms with Crippen LogP contribution in [0.15, 0.2) is 53.7 Å². The molecule has 0 spiro atoms. The van der Waals surface area contributed by atoms with Crippen LogP contribution in [-0.2, 0) is 11.3 Å². The number of halogens is 1. The number of nitrogens with two attached hydrogens (primary N) is 1. The summed E-state index contributed by atoms with van der Waals surface area (Å²) in [4.78, 5) is 26.6. The number of hydrogen-bond donors (Lipinski definition) is 1. The summed E-state index contributed by atoms with van der Waals surface area (Å²) in [5.74, 6) is -0.509. The lowest BCUT2D eigenvalue weighted by atomic mass is 10.1. The summed E-state index contributed by atoms with van der Waals surface area (Å²) < 4.78 is 1.00. The van der Waals surface area contributed by atoms with Crippen LogP contribution in [0.1, 0.15) is 15.9 Å². The van der Waals surface area contributed by atoms with Crippen LogP contribution in [-0.4, -0.2) is 16.7 Å². The molecule has 0 atom stereocenters. The second-order valence-electron chi connectivity index (χ2n) is 4.57. The summed E-state index contributed by atoms with van der Waals surface area (Å²) in [6, 6.07) is 12.7. The first-order valence-corrected chi connectivity index (χ1v) is 7.56. The number of hydrogen-bond acceptors (Lipinski definition) is 5. The Bertz CT molecular complexity index is 742. The molecule has 23 heavy (non-hydrogen) atoms. The largest absolute Gasteiger partial charge is 0.384 e. The highest BCUT2D eigenvalue weighted by Crippen LogP contribution is 2.12. The number of oxime groups is 1. The number of benzene rings is 2. The zero-order valence-corrected chi connectivity index (χ0v) is 14.0. The fourth-order valence-corrected chi connectivity index (χ4v) is 2.08. The molecule has 0 radical (unpaired) electrons. The van der Waals surface area contributed by atoms with Crippen molar-refractivity contribution in [2.45, 2.75) is 6.42 Å². The highest BCUT2D eigenvalue weighted by molar-refractivity contribution is 14.1. The van der Waals surface area contributed by atoms with E-state index in [1.165, 1.54) is 12.1 Å². The molecule has 0 aliphatic carbocycles. The van der Waals surface area contributed by atoms with Gasteiger partial charge in [-0.2, -0.15) is 0 Å². The maximum atomic E-state index is 11.8. The molecular formula is C15H12IN3O4. The molecular weight excluding hydrogens is 413 g/mol. The van der Waals surface area contributed by atoms with Crippen molar-refractivity contribution in [3.63, 3.8) is 0 Å². The van der Waals surface area contributed by atoms with E-state index < -0.39 is 10.9 Å². The van der Waals surface area contributed by atoms with Crippen LogP contribution in [0.25, 0.3) is 0 Å². The summed E-state index contributed by atoms with van der Waals surface area (Å²) in [7, 11) is 0. The number of nitro groups is 1. The molecule has 118 valence electrons. The van der Waals surface area contributed by atoms with Crippen molar-refractivity contribution in [1.82, 2.24) is 0 Å². The topological polar surface area (TPSA) is 108 Å². The van der Waals surface area contributed by atoms with E-state index in [4.69, 9.17) is 10.6 Å². The van der Waals surface area contributed by atoms with Crippen LogP contribution in [0.2, 0.25) is 0 Å². The maximum absolute atomic E-state index is 11.8. The molecule has 0 saturated carbocycles. The van der Waals surface area contributed by atoms with Gasteiger partial charge in [-0.3, -0.25) is 10.1 Å². The average molecular weight is 425 g/mol. The molecule has 2 aromatic rings. The molecule has 8 heteroatoms. The van der Waals surface area contributed by atoms with Crippen LogP contribution in [0.4, 0.5) is 5.69 Å². The lowest BCUT2D eigenvalue weighted by Gasteiger charge is -2.02. The van der Waals surface area contributed by atoms with Gasteiger partial charge in [0.1, 0.15) is 5.84 Å². The highest BCUT2D eigenvalue weighted by atomic mass is 127. The van der Waals surface area contributed by atoms with E-state index in [0.717, 1.165) is 9.13 Å². The van der Waals surface area contributed by atoms with Crippen LogP contribution < -0.4 is 5.73 Å². The SMILES string of the molecule is NC(Cc1ccc([N+](=O)[O-])cc1)=NOC(=O)c1ccc(I)cc1. The first kappa shape index (κ1) is 16.9. The zero-order chi connectivity index (χ0) is 16.8. The molecule has 0 unspecified atom stereocenters. The van der Waals surface area contributed by atoms with Crippen molar-refractivity contribution in [1.29, 1.82) is 0 Å². The Kier molecular flexibility index (Phi) is 5.63. The van der Waals surface area contributed by atoms with Crippen molar-refractivity contribution in [3.05, 3.63) is 73.3 Å². The van der Waals surface area contributed by atoms with E-state index in [9.17, 15) is 14.9 Å². The second kappa shape index (κ2) is 7.68. The molecule has 0 bridgehead atoms. The van der Waals surface area contributed by atoms with Gasteiger partial charge < -0.3 is 10.6 Å². The van der Waals surface area contributed by atoms with Gasteiger partial charge in [0, 0.05) is 22.1 Å². The Morgan fingerprint density at radius 3 is 2.35 bits per heavy atom. The third-order valence-corrected chi connectivity index (χ3v) is 3.58. The van der Waals surface area contributed by atoms with Crippen LogP contribution >= 0.6 is 22.6 Å². The van der Waals surface area contributed by atoms with Gasteiger partial charge in [0.05, 0.1) is 10.5 Å². The molecule has 0 heterocycles. The Balaban J connectivity index is 1.95. The summed E-state index contributed by atoms with van der Waals surface area (Å²) in [6.45, 7) is 0. The van der Waals surface area contributed by atoms with Gasteiger partial charge in [0.25, 0.3) is 5.69 Å². The van der Waals surface area contributed by atoms with E-state index in [0.29, 0.717) is 5.56 Å². The first-order chi connectivity index (χ1) is 11.0. The number of carbonyl (C=O) groups is 1. The molecule has 0 aliphatic rings. The first-order valence-electron chi connectivity index (χ1n) is 6.48. The average Bonchev–Trinajstić information content (AvgIpc) is 2.54. The zero-order valence-electron chi connectivity index (χ0n) is 11.8. The van der Waals surface area contributed by atoms with E-state index in [-0.39, 0.29) is 17.9 Å². The summed E-state index contributed by atoms with van der Waals surface area (Å²) in [6.07, 6.45) is 0.220.